The lowest BCUT2D eigenvalue weighted by Gasteiger charge is -2.07. The molecule has 0 aliphatic carbocycles. The summed E-state index contributed by atoms with van der Waals surface area (Å²) in [4.78, 5) is 4.84. The number of likely N-dealkylation sites (N-methyl/N-ethyl adjacent to an activating group) is 2. The Kier molecular flexibility index (Phi) is 13.2. The monoisotopic (exact) mass is 396 g/mol. The number of nitrogens with zero attached hydrogens (tertiary/aromatic N) is 2. The van der Waals surface area contributed by atoms with Crippen LogP contribution in [0, 0.1) is 11.8 Å². The van der Waals surface area contributed by atoms with Crippen LogP contribution in [0.5, 0.6) is 0 Å². The van der Waals surface area contributed by atoms with E-state index in [0.717, 1.165) is 23.9 Å². The van der Waals surface area contributed by atoms with Gasteiger partial charge in [0.1, 0.15) is 0 Å². The maximum Gasteiger partial charge on any atom is 0.0235 e. The molecule has 0 saturated carbocycles. The van der Waals surface area contributed by atoms with Crippen molar-refractivity contribution in [2.75, 3.05) is 53.4 Å². The summed E-state index contributed by atoms with van der Waals surface area (Å²) in [5.74, 6) is 1.94. The zero-order valence-electron chi connectivity index (χ0n) is 13.5. The van der Waals surface area contributed by atoms with Crippen molar-refractivity contribution < 1.29 is 0 Å². The Labute approximate surface area is 160 Å². The second kappa shape index (κ2) is 11.5. The molecule has 0 aromatic heterocycles. The normalized spacial score (nSPS) is 35.7. The molecule has 4 atom stereocenters. The highest BCUT2D eigenvalue weighted by Gasteiger charge is 2.34. The van der Waals surface area contributed by atoms with E-state index in [1.165, 1.54) is 52.1 Å². The fourth-order valence-electron chi connectivity index (χ4n) is 4.13. The minimum absolute atomic E-state index is 0. The Morgan fingerprint density at radius 2 is 1.00 bits per heavy atom. The van der Waals surface area contributed by atoms with E-state index in [0.29, 0.717) is 0 Å². The fraction of sp³-hybridized carbons (Fsp3) is 1.00. The van der Waals surface area contributed by atoms with E-state index in [1.54, 1.807) is 0 Å². The number of halogens is 4. The van der Waals surface area contributed by atoms with Gasteiger partial charge in [-0.15, -0.1) is 49.6 Å². The van der Waals surface area contributed by atoms with Crippen LogP contribution < -0.4 is 10.6 Å². The van der Waals surface area contributed by atoms with Gasteiger partial charge in [-0.2, -0.15) is 0 Å². The highest BCUT2D eigenvalue weighted by atomic mass is 35.5. The van der Waals surface area contributed by atoms with Crippen LogP contribution in [0.25, 0.3) is 0 Å². The summed E-state index contributed by atoms with van der Waals surface area (Å²) < 4.78 is 0. The first-order chi connectivity index (χ1) is 8.72. The number of likely N-dealkylation sites (tertiary alicyclic amines) is 2. The minimum atomic E-state index is 0. The van der Waals surface area contributed by atoms with Gasteiger partial charge in [-0.3, -0.25) is 0 Å². The average Bonchev–Trinajstić information content (AvgIpc) is 2.97. The molecule has 4 heterocycles. The third-order valence-electron chi connectivity index (χ3n) is 5.09. The van der Waals surface area contributed by atoms with Crippen molar-refractivity contribution in [1.29, 1.82) is 0 Å². The molecule has 4 rings (SSSR count). The van der Waals surface area contributed by atoms with E-state index >= 15 is 0 Å². The molecule has 2 N–H and O–H groups in total. The molecule has 0 aromatic rings. The summed E-state index contributed by atoms with van der Waals surface area (Å²) >= 11 is 0. The van der Waals surface area contributed by atoms with Crippen LogP contribution in [0.2, 0.25) is 0 Å². The standard InChI is InChI=1S/2C7H14N2.4ClH/c2*1-9-4-6-2-3-8-7(6)5-9;;;;/h2*6-8H,2-5H2,1H3;4*1H/t2*6-,7+;;;;/m10..../s1. The van der Waals surface area contributed by atoms with Crippen LogP contribution in [0.1, 0.15) is 12.8 Å². The number of hydrogen-bond donors (Lipinski definition) is 2. The fourth-order valence-corrected chi connectivity index (χ4v) is 4.13. The van der Waals surface area contributed by atoms with E-state index in [9.17, 15) is 0 Å². The largest absolute Gasteiger partial charge is 0.312 e. The summed E-state index contributed by atoms with van der Waals surface area (Å²) in [5.41, 5.74) is 0. The van der Waals surface area contributed by atoms with Crippen molar-refractivity contribution in [3.05, 3.63) is 0 Å². The van der Waals surface area contributed by atoms with Crippen molar-refractivity contribution in [3.8, 4) is 0 Å². The van der Waals surface area contributed by atoms with Gasteiger partial charge in [-0.05, 0) is 51.9 Å². The van der Waals surface area contributed by atoms with Gasteiger partial charge in [-0.25, -0.2) is 0 Å². The Hall–Kier alpha value is 1.00. The highest BCUT2D eigenvalue weighted by molar-refractivity contribution is 5.86. The van der Waals surface area contributed by atoms with Crippen LogP contribution in [-0.2, 0) is 0 Å². The van der Waals surface area contributed by atoms with Crippen LogP contribution in [0.15, 0.2) is 0 Å². The van der Waals surface area contributed by atoms with Gasteiger partial charge in [-0.1, -0.05) is 0 Å². The van der Waals surface area contributed by atoms with Gasteiger partial charge in [0.2, 0.25) is 0 Å². The van der Waals surface area contributed by atoms with Crippen LogP contribution >= 0.6 is 49.6 Å². The second-order valence-corrected chi connectivity index (χ2v) is 6.66. The van der Waals surface area contributed by atoms with Gasteiger partial charge in [0.05, 0.1) is 0 Å². The van der Waals surface area contributed by atoms with Crippen LogP contribution in [-0.4, -0.2) is 75.2 Å². The lowest BCUT2D eigenvalue weighted by molar-refractivity contribution is 0.382. The molecule has 4 aliphatic rings. The number of fused-ring (bicyclic) bond motifs is 2. The zero-order chi connectivity index (χ0) is 12.5. The molecule has 0 aromatic carbocycles. The molecule has 4 fully saturated rings. The Balaban J connectivity index is 0. The van der Waals surface area contributed by atoms with E-state index in [4.69, 9.17) is 0 Å². The van der Waals surface area contributed by atoms with Gasteiger partial charge < -0.3 is 20.4 Å². The molecule has 0 bridgehead atoms. The molecule has 0 spiro atoms. The predicted octanol–water partition coefficient (Wildman–Crippen LogP) is 1.51. The summed E-state index contributed by atoms with van der Waals surface area (Å²) in [7, 11) is 4.42. The predicted molar refractivity (Wildman–Crippen MR) is 104 cm³/mol. The van der Waals surface area contributed by atoms with Crippen molar-refractivity contribution in [3.63, 3.8) is 0 Å². The van der Waals surface area contributed by atoms with Crippen LogP contribution in [0.4, 0.5) is 0 Å². The van der Waals surface area contributed by atoms with Crippen molar-refractivity contribution in [1.82, 2.24) is 20.4 Å². The van der Waals surface area contributed by atoms with Crippen molar-refractivity contribution >= 4 is 49.6 Å². The third kappa shape index (κ3) is 6.14. The molecular weight excluding hydrogens is 366 g/mol. The lowest BCUT2D eigenvalue weighted by atomic mass is 10.1. The first-order valence-electron chi connectivity index (χ1n) is 7.56. The molecule has 4 nitrogen and oxygen atoms in total. The number of nitrogens with one attached hydrogen (secondary N) is 2. The third-order valence-corrected chi connectivity index (χ3v) is 5.09. The van der Waals surface area contributed by atoms with Gasteiger partial charge in [0.15, 0.2) is 0 Å². The lowest BCUT2D eigenvalue weighted by Crippen LogP contribution is -2.28. The Morgan fingerprint density at radius 1 is 0.636 bits per heavy atom. The van der Waals surface area contributed by atoms with Crippen molar-refractivity contribution in [2.24, 2.45) is 11.8 Å². The van der Waals surface area contributed by atoms with Crippen LogP contribution in [0.3, 0.4) is 0 Å². The summed E-state index contributed by atoms with van der Waals surface area (Å²) in [6.07, 6.45) is 2.80. The molecule has 4 aliphatic heterocycles. The van der Waals surface area contributed by atoms with Gasteiger partial charge in [0, 0.05) is 38.3 Å². The first-order valence-corrected chi connectivity index (χ1v) is 7.56. The molecule has 0 radical (unpaired) electrons. The first kappa shape index (κ1) is 25.2. The maximum atomic E-state index is 3.51. The molecule has 4 saturated heterocycles. The molecule has 22 heavy (non-hydrogen) atoms. The summed E-state index contributed by atoms with van der Waals surface area (Å²) in [5, 5.41) is 7.01. The van der Waals surface area contributed by atoms with E-state index < -0.39 is 0 Å². The Bertz CT molecular complexity index is 246. The van der Waals surface area contributed by atoms with E-state index in [1.807, 2.05) is 0 Å². The second-order valence-electron chi connectivity index (χ2n) is 6.66. The number of rotatable bonds is 0. The minimum Gasteiger partial charge on any atom is -0.312 e. The molecular formula is C14H32Cl4N4. The van der Waals surface area contributed by atoms with Gasteiger partial charge in [0.25, 0.3) is 0 Å². The van der Waals surface area contributed by atoms with E-state index in [-0.39, 0.29) is 49.6 Å². The quantitative estimate of drug-likeness (QED) is 0.648. The smallest absolute Gasteiger partial charge is 0.0235 e. The number of hydrogen-bond acceptors (Lipinski definition) is 4. The topological polar surface area (TPSA) is 30.5 Å². The Morgan fingerprint density at radius 3 is 1.32 bits per heavy atom. The zero-order valence-corrected chi connectivity index (χ0v) is 16.8. The van der Waals surface area contributed by atoms with E-state index in [2.05, 4.69) is 34.5 Å². The molecule has 136 valence electrons. The summed E-state index contributed by atoms with van der Waals surface area (Å²) in [6, 6.07) is 1.66. The average molecular weight is 398 g/mol. The SMILES string of the molecule is CN1C[C@@H]2CCN[C@@H]2C1.CN1C[C@H]2CCN[C@H]2C1.Cl.Cl.Cl.Cl. The van der Waals surface area contributed by atoms with Crippen molar-refractivity contribution in [2.45, 2.75) is 24.9 Å². The highest BCUT2D eigenvalue weighted by Crippen LogP contribution is 2.23. The maximum absolute atomic E-state index is 3.51. The van der Waals surface area contributed by atoms with Gasteiger partial charge >= 0.3 is 0 Å². The molecule has 8 heteroatoms. The molecule has 0 unspecified atom stereocenters. The summed E-state index contributed by atoms with van der Waals surface area (Å²) in [6.45, 7) is 7.68. The molecule has 0 amide bonds.